The number of nitrogens with zero attached hydrogens (tertiary/aromatic N) is 5. The van der Waals surface area contributed by atoms with E-state index in [9.17, 15) is 26.3 Å². The van der Waals surface area contributed by atoms with Crippen molar-refractivity contribution in [3.05, 3.63) is 41.2 Å². The molecule has 4 heterocycles. The first-order chi connectivity index (χ1) is 18.1. The average Bonchev–Trinajstić information content (AvgIpc) is 3.13. The number of hydrogen-bond donors (Lipinski definition) is 2. The van der Waals surface area contributed by atoms with Crippen molar-refractivity contribution in [2.24, 2.45) is 0 Å². The van der Waals surface area contributed by atoms with Gasteiger partial charge in [0.2, 0.25) is 0 Å². The molecule has 0 unspecified atom stereocenters. The molecule has 0 spiro atoms. The van der Waals surface area contributed by atoms with Gasteiger partial charge in [-0.15, -0.1) is 0 Å². The summed E-state index contributed by atoms with van der Waals surface area (Å²) in [7, 11) is 2.19. The number of hydrogen-bond acceptors (Lipinski definition) is 8. The predicted octanol–water partition coefficient (Wildman–Crippen LogP) is 3.00. The molecule has 0 radical (unpaired) electrons. The van der Waals surface area contributed by atoms with E-state index in [1.165, 1.54) is 11.3 Å². The molecule has 1 fully saturated rings. The molecule has 2 aromatic rings. The third-order valence-corrected chi connectivity index (χ3v) is 5.82. The number of halogens is 6. The lowest BCUT2D eigenvalue weighted by molar-refractivity contribution is -0.193. The van der Waals surface area contributed by atoms with Gasteiger partial charge < -0.3 is 24.4 Å². The Bertz CT molecular complexity index is 1080. The monoisotopic (exact) mass is 569 g/mol. The molecular formula is C23H29F6N5O5. The van der Waals surface area contributed by atoms with E-state index >= 15 is 0 Å². The van der Waals surface area contributed by atoms with Crippen LogP contribution in [0.25, 0.3) is 0 Å². The van der Waals surface area contributed by atoms with E-state index in [0.29, 0.717) is 0 Å². The number of carbonyl (C=O) groups is 2. The smallest absolute Gasteiger partial charge is 0.475 e. The second-order valence-corrected chi connectivity index (χ2v) is 8.81. The molecule has 2 aromatic heterocycles. The summed E-state index contributed by atoms with van der Waals surface area (Å²) in [6.45, 7) is 9.22. The molecule has 218 valence electrons. The quantitative estimate of drug-likeness (QED) is 0.534. The van der Waals surface area contributed by atoms with Gasteiger partial charge in [0.25, 0.3) is 0 Å². The van der Waals surface area contributed by atoms with Gasteiger partial charge in [-0.3, -0.25) is 4.90 Å². The third-order valence-electron chi connectivity index (χ3n) is 5.82. The zero-order chi connectivity index (χ0) is 29.4. The lowest BCUT2D eigenvalue weighted by Crippen LogP contribution is -2.45. The normalized spacial score (nSPS) is 16.7. The first kappa shape index (κ1) is 31.8. The van der Waals surface area contributed by atoms with E-state index in [2.05, 4.69) is 37.8 Å². The Labute approximate surface area is 219 Å². The van der Waals surface area contributed by atoms with Crippen LogP contribution in [0.4, 0.5) is 32.2 Å². The summed E-state index contributed by atoms with van der Waals surface area (Å²) in [6.07, 6.45) is -6.42. The maximum Gasteiger partial charge on any atom is 0.490 e. The number of aryl methyl sites for hydroxylation is 1. The molecule has 2 aliphatic rings. The van der Waals surface area contributed by atoms with Crippen LogP contribution in [-0.2, 0) is 29.0 Å². The molecule has 10 nitrogen and oxygen atoms in total. The van der Waals surface area contributed by atoms with Gasteiger partial charge in [0.15, 0.2) is 0 Å². The number of fused-ring (bicyclic) bond motifs is 1. The van der Waals surface area contributed by atoms with Crippen molar-refractivity contribution in [1.82, 2.24) is 19.8 Å². The summed E-state index contributed by atoms with van der Waals surface area (Å²) in [5.41, 5.74) is 2.58. The van der Waals surface area contributed by atoms with E-state index in [1.807, 2.05) is 13.0 Å². The second kappa shape index (κ2) is 13.6. The summed E-state index contributed by atoms with van der Waals surface area (Å²) in [5.74, 6) is -2.32. The van der Waals surface area contributed by atoms with Gasteiger partial charge in [-0.1, -0.05) is 0 Å². The molecule has 16 heteroatoms. The lowest BCUT2D eigenvalue weighted by atomic mass is 10.1. The largest absolute Gasteiger partial charge is 0.490 e. The van der Waals surface area contributed by atoms with Crippen LogP contribution in [0, 0.1) is 6.92 Å². The molecule has 2 aliphatic heterocycles. The Morgan fingerprint density at radius 3 is 1.92 bits per heavy atom. The van der Waals surface area contributed by atoms with E-state index in [-0.39, 0.29) is 0 Å². The van der Waals surface area contributed by atoms with Crippen LogP contribution >= 0.6 is 0 Å². The predicted molar refractivity (Wildman–Crippen MR) is 125 cm³/mol. The highest BCUT2D eigenvalue weighted by atomic mass is 19.4. The Morgan fingerprint density at radius 2 is 1.44 bits per heavy atom. The minimum Gasteiger partial charge on any atom is -0.475 e. The Kier molecular flexibility index (Phi) is 11.1. The number of aromatic nitrogens is 2. The number of rotatable bonds is 3. The number of carboxylic acid groups (broad SMARTS) is 2. The molecular weight excluding hydrogens is 540 g/mol. The third kappa shape index (κ3) is 10.4. The number of carboxylic acids is 2. The van der Waals surface area contributed by atoms with Crippen molar-refractivity contribution in [2.45, 2.75) is 38.7 Å². The number of piperazine rings is 1. The van der Waals surface area contributed by atoms with Crippen LogP contribution in [0.15, 0.2) is 22.9 Å². The fraction of sp³-hybridized carbons (Fsp3) is 0.565. The number of alkyl halides is 6. The topological polar surface area (TPSA) is 123 Å². The van der Waals surface area contributed by atoms with Crippen molar-refractivity contribution in [3.63, 3.8) is 0 Å². The maximum absolute atomic E-state index is 10.6. The summed E-state index contributed by atoms with van der Waals surface area (Å²) in [6, 6.07) is 4.13. The highest BCUT2D eigenvalue weighted by molar-refractivity contribution is 5.73. The molecule has 0 saturated carbocycles. The van der Waals surface area contributed by atoms with Gasteiger partial charge in [-0.2, -0.15) is 26.3 Å². The number of likely N-dealkylation sites (N-methyl/N-ethyl adjacent to an activating group) is 1. The van der Waals surface area contributed by atoms with Gasteiger partial charge >= 0.3 is 24.3 Å². The highest BCUT2D eigenvalue weighted by Gasteiger charge is 2.38. The Hall–Kier alpha value is -3.40. The molecule has 0 atom stereocenters. The van der Waals surface area contributed by atoms with Crippen molar-refractivity contribution in [2.75, 3.05) is 51.2 Å². The van der Waals surface area contributed by atoms with Gasteiger partial charge in [-0.25, -0.2) is 19.6 Å². The molecule has 0 aliphatic carbocycles. The molecule has 1 saturated heterocycles. The van der Waals surface area contributed by atoms with Crippen LogP contribution in [0.2, 0.25) is 0 Å². The Balaban J connectivity index is 0.000000317. The minimum absolute atomic E-state index is 0.874. The van der Waals surface area contributed by atoms with Crippen LogP contribution < -0.4 is 4.90 Å². The number of aliphatic carboxylic acids is 2. The van der Waals surface area contributed by atoms with E-state index in [0.717, 1.165) is 76.0 Å². The summed E-state index contributed by atoms with van der Waals surface area (Å²) < 4.78 is 69.2. The molecule has 39 heavy (non-hydrogen) atoms. The van der Waals surface area contributed by atoms with Crippen LogP contribution in [0.3, 0.4) is 0 Å². The summed E-state index contributed by atoms with van der Waals surface area (Å²) in [5, 5.41) is 14.2. The number of anilines is 1. The van der Waals surface area contributed by atoms with Crippen molar-refractivity contribution in [3.8, 4) is 0 Å². The molecule has 0 bridgehead atoms. The molecule has 0 aromatic carbocycles. The minimum atomic E-state index is -5.08. The first-order valence-corrected chi connectivity index (χ1v) is 11.7. The van der Waals surface area contributed by atoms with Crippen molar-refractivity contribution >= 4 is 17.8 Å². The van der Waals surface area contributed by atoms with E-state index in [1.54, 1.807) is 6.33 Å². The fourth-order valence-electron chi connectivity index (χ4n) is 3.79. The van der Waals surface area contributed by atoms with Crippen molar-refractivity contribution < 1.29 is 50.6 Å². The fourth-order valence-corrected chi connectivity index (χ4v) is 3.79. The molecule has 4 rings (SSSR count). The summed E-state index contributed by atoms with van der Waals surface area (Å²) >= 11 is 0. The van der Waals surface area contributed by atoms with E-state index in [4.69, 9.17) is 24.2 Å². The molecule has 0 amide bonds. The zero-order valence-electron chi connectivity index (χ0n) is 21.2. The van der Waals surface area contributed by atoms with Crippen LogP contribution in [0.1, 0.15) is 22.8 Å². The highest BCUT2D eigenvalue weighted by Crippen LogP contribution is 2.25. The van der Waals surface area contributed by atoms with Crippen LogP contribution in [0.5, 0.6) is 0 Å². The SMILES string of the molecule is Cc1ccc(CN2CCc3ncnc(N4CCN(C)CC4)c3CC2)o1.O=C(O)C(F)(F)F.O=C(O)C(F)(F)F. The van der Waals surface area contributed by atoms with Crippen LogP contribution in [-0.4, -0.2) is 101 Å². The van der Waals surface area contributed by atoms with E-state index < -0.39 is 24.3 Å². The number of furan rings is 1. The second-order valence-electron chi connectivity index (χ2n) is 8.81. The van der Waals surface area contributed by atoms with Gasteiger partial charge in [0, 0.05) is 51.3 Å². The lowest BCUT2D eigenvalue weighted by Gasteiger charge is -2.34. The van der Waals surface area contributed by atoms with Gasteiger partial charge in [0.05, 0.1) is 12.2 Å². The van der Waals surface area contributed by atoms with Gasteiger partial charge in [-0.05, 0) is 32.5 Å². The van der Waals surface area contributed by atoms with Gasteiger partial charge in [0.1, 0.15) is 23.7 Å². The first-order valence-electron chi connectivity index (χ1n) is 11.7. The standard InChI is InChI=1S/C19H27N5O.2C2HF3O2/c1-15-3-4-16(25-15)13-23-7-5-17-18(6-8-23)20-14-21-19(17)24-11-9-22(2)10-12-24;2*3-2(4,5)1(6)7/h3-4,14H,5-13H2,1-2H3;2*(H,6,7). The molecule has 2 N–H and O–H groups in total. The maximum atomic E-state index is 10.6. The van der Waals surface area contributed by atoms with Crippen molar-refractivity contribution in [1.29, 1.82) is 0 Å². The zero-order valence-corrected chi connectivity index (χ0v) is 21.2. The Morgan fingerprint density at radius 1 is 0.897 bits per heavy atom. The average molecular weight is 570 g/mol. The summed E-state index contributed by atoms with van der Waals surface area (Å²) in [4.78, 5) is 34.3.